The van der Waals surface area contributed by atoms with Crippen LogP contribution in [-0.2, 0) is 20.8 Å². The molecule has 1 aromatic rings. The number of carbonyl (C=O) groups excluding carboxylic acids is 1. The largest absolute Gasteiger partial charge is 0.383 e. The minimum absolute atomic E-state index is 0.0748. The SMILES string of the molecule is COCCN(CCOC)CC(=O)NCc1ccc(F)c(C)c1. The normalized spacial score (nSPS) is 11.0. The lowest BCUT2D eigenvalue weighted by atomic mass is 10.1. The van der Waals surface area contributed by atoms with Gasteiger partial charge in [0.1, 0.15) is 5.82 Å². The molecule has 5 nitrogen and oxygen atoms in total. The molecule has 1 amide bonds. The predicted molar refractivity (Wildman–Crippen MR) is 83.2 cm³/mol. The first-order valence-electron chi connectivity index (χ1n) is 7.28. The number of nitrogens with zero attached hydrogens (tertiary/aromatic N) is 1. The highest BCUT2D eigenvalue weighted by Gasteiger charge is 2.10. The monoisotopic (exact) mass is 312 g/mol. The molecule has 0 bridgehead atoms. The van der Waals surface area contributed by atoms with Crippen LogP contribution in [0.5, 0.6) is 0 Å². The molecule has 0 aliphatic rings. The third-order valence-electron chi connectivity index (χ3n) is 3.30. The van der Waals surface area contributed by atoms with Crippen LogP contribution >= 0.6 is 0 Å². The minimum atomic E-state index is -0.236. The van der Waals surface area contributed by atoms with Crippen molar-refractivity contribution in [3.63, 3.8) is 0 Å². The molecule has 0 radical (unpaired) electrons. The van der Waals surface area contributed by atoms with Gasteiger partial charge in [0.15, 0.2) is 0 Å². The molecular weight excluding hydrogens is 287 g/mol. The molecule has 0 aliphatic carbocycles. The van der Waals surface area contributed by atoms with Crippen molar-refractivity contribution in [2.45, 2.75) is 13.5 Å². The number of carbonyl (C=O) groups is 1. The van der Waals surface area contributed by atoms with Crippen molar-refractivity contribution in [1.82, 2.24) is 10.2 Å². The van der Waals surface area contributed by atoms with E-state index in [1.807, 2.05) is 4.90 Å². The van der Waals surface area contributed by atoms with Crippen molar-refractivity contribution in [2.24, 2.45) is 0 Å². The first-order valence-corrected chi connectivity index (χ1v) is 7.28. The number of hydrogen-bond donors (Lipinski definition) is 1. The predicted octanol–water partition coefficient (Wildman–Crippen LogP) is 1.35. The van der Waals surface area contributed by atoms with E-state index in [1.54, 1.807) is 33.3 Å². The fourth-order valence-corrected chi connectivity index (χ4v) is 1.99. The average molecular weight is 312 g/mol. The number of ether oxygens (including phenoxy) is 2. The van der Waals surface area contributed by atoms with Crippen LogP contribution in [0, 0.1) is 12.7 Å². The zero-order chi connectivity index (χ0) is 16.4. The maximum Gasteiger partial charge on any atom is 0.234 e. The molecule has 6 heteroatoms. The molecule has 0 fully saturated rings. The highest BCUT2D eigenvalue weighted by atomic mass is 19.1. The summed E-state index contributed by atoms with van der Waals surface area (Å²) in [4.78, 5) is 14.0. The van der Waals surface area contributed by atoms with Crippen LogP contribution in [-0.4, -0.2) is 57.9 Å². The summed E-state index contributed by atoms with van der Waals surface area (Å²) >= 11 is 0. The van der Waals surface area contributed by atoms with Gasteiger partial charge in [-0.25, -0.2) is 4.39 Å². The molecule has 1 rings (SSSR count). The second-order valence-corrected chi connectivity index (χ2v) is 5.12. The lowest BCUT2D eigenvalue weighted by Gasteiger charge is -2.21. The summed E-state index contributed by atoms with van der Waals surface area (Å²) in [7, 11) is 3.26. The van der Waals surface area contributed by atoms with Crippen molar-refractivity contribution < 1.29 is 18.7 Å². The van der Waals surface area contributed by atoms with Gasteiger partial charge in [0, 0.05) is 33.9 Å². The van der Waals surface area contributed by atoms with Crippen molar-refractivity contribution in [3.05, 3.63) is 35.1 Å². The molecule has 22 heavy (non-hydrogen) atoms. The van der Waals surface area contributed by atoms with E-state index in [2.05, 4.69) is 5.32 Å². The van der Waals surface area contributed by atoms with Gasteiger partial charge >= 0.3 is 0 Å². The van der Waals surface area contributed by atoms with E-state index in [0.717, 1.165) is 5.56 Å². The highest BCUT2D eigenvalue weighted by Crippen LogP contribution is 2.08. The van der Waals surface area contributed by atoms with E-state index in [0.29, 0.717) is 38.4 Å². The quantitative estimate of drug-likeness (QED) is 0.708. The number of aryl methyl sites for hydroxylation is 1. The summed E-state index contributed by atoms with van der Waals surface area (Å²) in [6, 6.07) is 4.83. The van der Waals surface area contributed by atoms with Gasteiger partial charge in [-0.15, -0.1) is 0 Å². The van der Waals surface area contributed by atoms with E-state index >= 15 is 0 Å². The van der Waals surface area contributed by atoms with E-state index in [9.17, 15) is 9.18 Å². The molecule has 0 atom stereocenters. The molecule has 0 saturated carbocycles. The van der Waals surface area contributed by atoms with E-state index in [1.165, 1.54) is 6.07 Å². The van der Waals surface area contributed by atoms with Crippen LogP contribution in [0.3, 0.4) is 0 Å². The fourth-order valence-electron chi connectivity index (χ4n) is 1.99. The second-order valence-electron chi connectivity index (χ2n) is 5.12. The van der Waals surface area contributed by atoms with Gasteiger partial charge < -0.3 is 14.8 Å². The molecular formula is C16H25FN2O3. The van der Waals surface area contributed by atoms with Crippen LogP contribution < -0.4 is 5.32 Å². The van der Waals surface area contributed by atoms with Crippen LogP contribution in [0.4, 0.5) is 4.39 Å². The summed E-state index contributed by atoms with van der Waals surface area (Å²) in [6.07, 6.45) is 0. The van der Waals surface area contributed by atoms with Gasteiger partial charge in [-0.3, -0.25) is 9.69 Å². The Morgan fingerprint density at radius 1 is 1.23 bits per heavy atom. The molecule has 0 heterocycles. The average Bonchev–Trinajstić information content (AvgIpc) is 2.51. The molecule has 0 unspecified atom stereocenters. The third kappa shape index (κ3) is 6.98. The lowest BCUT2D eigenvalue weighted by Crippen LogP contribution is -2.40. The van der Waals surface area contributed by atoms with Crippen molar-refractivity contribution in [1.29, 1.82) is 0 Å². The number of rotatable bonds is 10. The number of methoxy groups -OCH3 is 2. The van der Waals surface area contributed by atoms with Crippen LogP contribution in [0.15, 0.2) is 18.2 Å². The topological polar surface area (TPSA) is 50.8 Å². The zero-order valence-electron chi connectivity index (χ0n) is 13.5. The van der Waals surface area contributed by atoms with Crippen molar-refractivity contribution >= 4 is 5.91 Å². The molecule has 124 valence electrons. The maximum absolute atomic E-state index is 13.2. The third-order valence-corrected chi connectivity index (χ3v) is 3.30. The molecule has 1 aromatic carbocycles. The second kappa shape index (κ2) is 10.3. The number of hydrogen-bond acceptors (Lipinski definition) is 4. The van der Waals surface area contributed by atoms with Crippen LogP contribution in [0.1, 0.15) is 11.1 Å². The molecule has 0 aliphatic heterocycles. The van der Waals surface area contributed by atoms with Gasteiger partial charge in [0.25, 0.3) is 0 Å². The summed E-state index contributed by atoms with van der Waals surface area (Å²) in [5, 5.41) is 2.84. The Kier molecular flexibility index (Phi) is 8.65. The Morgan fingerprint density at radius 2 is 1.86 bits per heavy atom. The number of amides is 1. The zero-order valence-corrected chi connectivity index (χ0v) is 13.5. The molecule has 0 spiro atoms. The first kappa shape index (κ1) is 18.5. The highest BCUT2D eigenvalue weighted by molar-refractivity contribution is 5.78. The van der Waals surface area contributed by atoms with Gasteiger partial charge in [-0.2, -0.15) is 0 Å². The molecule has 0 aromatic heterocycles. The fraction of sp³-hybridized carbons (Fsp3) is 0.562. The smallest absolute Gasteiger partial charge is 0.234 e. The Labute approximate surface area is 131 Å². The van der Waals surface area contributed by atoms with Gasteiger partial charge in [0.2, 0.25) is 5.91 Å². The van der Waals surface area contributed by atoms with Crippen molar-refractivity contribution in [3.8, 4) is 0 Å². The summed E-state index contributed by atoms with van der Waals surface area (Å²) in [5.41, 5.74) is 1.46. The summed E-state index contributed by atoms with van der Waals surface area (Å²) < 4.78 is 23.3. The summed E-state index contributed by atoms with van der Waals surface area (Å²) in [5.74, 6) is -0.311. The number of halogens is 1. The first-order chi connectivity index (χ1) is 10.6. The standard InChI is InChI=1S/C16H25FN2O3/c1-13-10-14(4-5-15(13)17)11-18-16(20)12-19(6-8-21-2)7-9-22-3/h4-5,10H,6-9,11-12H2,1-3H3,(H,18,20). The van der Waals surface area contributed by atoms with Gasteiger partial charge in [-0.1, -0.05) is 12.1 Å². The van der Waals surface area contributed by atoms with Crippen LogP contribution in [0.25, 0.3) is 0 Å². The van der Waals surface area contributed by atoms with Gasteiger partial charge in [-0.05, 0) is 24.1 Å². The van der Waals surface area contributed by atoms with Crippen molar-refractivity contribution in [2.75, 3.05) is 47.1 Å². The maximum atomic E-state index is 13.2. The number of nitrogens with one attached hydrogen (secondary N) is 1. The number of benzene rings is 1. The lowest BCUT2D eigenvalue weighted by molar-refractivity contribution is -0.122. The Balaban J connectivity index is 2.43. The van der Waals surface area contributed by atoms with E-state index in [-0.39, 0.29) is 18.3 Å². The van der Waals surface area contributed by atoms with Gasteiger partial charge in [0.05, 0.1) is 19.8 Å². The minimum Gasteiger partial charge on any atom is -0.383 e. The van der Waals surface area contributed by atoms with E-state index < -0.39 is 0 Å². The molecule has 1 N–H and O–H groups in total. The van der Waals surface area contributed by atoms with E-state index in [4.69, 9.17) is 9.47 Å². The Morgan fingerprint density at radius 3 is 2.41 bits per heavy atom. The summed E-state index contributed by atoms with van der Waals surface area (Å²) in [6.45, 7) is 4.85. The van der Waals surface area contributed by atoms with Crippen LogP contribution in [0.2, 0.25) is 0 Å². The molecule has 0 saturated heterocycles. The Hall–Kier alpha value is -1.50. The Bertz CT molecular complexity index is 461.